The summed E-state index contributed by atoms with van der Waals surface area (Å²) >= 11 is 6.37. The minimum absolute atomic E-state index is 0.0299. The highest BCUT2D eigenvalue weighted by atomic mass is 35.5. The number of aryl methyl sites for hydroxylation is 2. The van der Waals surface area contributed by atoms with Gasteiger partial charge in [0.15, 0.2) is 0 Å². The number of aliphatic hydroxyl groups excluding tert-OH is 1. The molecule has 52 heavy (non-hydrogen) atoms. The number of hydrogen-bond donors (Lipinski definition) is 3. The van der Waals surface area contributed by atoms with Gasteiger partial charge in [0, 0.05) is 56.7 Å². The fraction of sp³-hybridized carbons (Fsp3) is 0.439. The number of amides is 3. The first kappa shape index (κ1) is 37.4. The summed E-state index contributed by atoms with van der Waals surface area (Å²) in [5.41, 5.74) is 12.2. The first-order valence-electron chi connectivity index (χ1n) is 18.3. The van der Waals surface area contributed by atoms with Gasteiger partial charge in [-0.1, -0.05) is 48.0 Å². The van der Waals surface area contributed by atoms with E-state index in [0.29, 0.717) is 74.2 Å². The molecule has 1 aliphatic carbocycles. The van der Waals surface area contributed by atoms with E-state index >= 15 is 0 Å². The zero-order valence-electron chi connectivity index (χ0n) is 30.0. The fourth-order valence-corrected chi connectivity index (χ4v) is 7.51. The predicted octanol–water partition coefficient (Wildman–Crippen LogP) is 5.12. The lowest BCUT2D eigenvalue weighted by molar-refractivity contribution is -0.134. The van der Waals surface area contributed by atoms with Crippen LogP contribution in [-0.2, 0) is 27.3 Å². The number of nitrogens with two attached hydrogens (primary N) is 1. The lowest BCUT2D eigenvalue weighted by Crippen LogP contribution is -2.62. The number of aliphatic hydroxyl groups is 1. The zero-order valence-corrected chi connectivity index (χ0v) is 30.8. The lowest BCUT2D eigenvalue weighted by Gasteiger charge is -2.45. The molecule has 0 aromatic heterocycles. The number of benzene rings is 3. The first-order valence-corrected chi connectivity index (χ1v) is 18.7. The third kappa shape index (κ3) is 9.15. The van der Waals surface area contributed by atoms with E-state index in [1.165, 1.54) is 0 Å². The maximum Gasteiger partial charge on any atom is 0.252 e. The number of hydrogen-bond acceptors (Lipinski definition) is 7. The molecule has 2 heterocycles. The molecule has 3 amide bonds. The molecule has 0 unspecified atom stereocenters. The van der Waals surface area contributed by atoms with E-state index in [2.05, 4.69) is 5.32 Å². The van der Waals surface area contributed by atoms with Crippen molar-refractivity contribution in [2.24, 2.45) is 5.73 Å². The van der Waals surface area contributed by atoms with Crippen LogP contribution in [0.2, 0.25) is 5.02 Å². The Morgan fingerprint density at radius 3 is 2.38 bits per heavy atom. The number of carbonyl (C=O) groups excluding carboxylic acids is 3. The number of nitrogens with zero attached hydrogens (tertiary/aromatic N) is 2. The molecule has 11 heteroatoms. The average Bonchev–Trinajstić information content (AvgIpc) is 3.97. The first-order chi connectivity index (χ1) is 25.1. The van der Waals surface area contributed by atoms with Gasteiger partial charge in [-0.3, -0.25) is 14.4 Å². The predicted molar refractivity (Wildman–Crippen MR) is 201 cm³/mol. The summed E-state index contributed by atoms with van der Waals surface area (Å²) in [5, 5.41) is 13.9. The van der Waals surface area contributed by atoms with Crippen molar-refractivity contribution in [3.63, 3.8) is 0 Å². The Morgan fingerprint density at radius 2 is 1.67 bits per heavy atom. The molecule has 1 saturated heterocycles. The van der Waals surface area contributed by atoms with Crippen molar-refractivity contribution in [2.45, 2.75) is 83.5 Å². The molecule has 4 N–H and O–H groups in total. The number of primary amides is 1. The maximum absolute atomic E-state index is 14.9. The molecule has 3 aliphatic rings. The lowest BCUT2D eigenvalue weighted by atomic mass is 9.82. The molecule has 1 saturated carbocycles. The summed E-state index contributed by atoms with van der Waals surface area (Å²) in [4.78, 5) is 43.3. The molecule has 2 fully saturated rings. The molecule has 3 aromatic rings. The molecule has 2 bridgehead atoms. The van der Waals surface area contributed by atoms with Crippen LogP contribution in [0, 0.1) is 13.8 Å². The molecular formula is C41H49ClN4O6. The van der Waals surface area contributed by atoms with Crippen molar-refractivity contribution in [2.75, 3.05) is 32.9 Å². The second kappa shape index (κ2) is 17.0. The molecule has 6 rings (SSSR count). The third-order valence-electron chi connectivity index (χ3n) is 10.3. The monoisotopic (exact) mass is 728 g/mol. The van der Waals surface area contributed by atoms with Gasteiger partial charge in [-0.05, 0) is 104 Å². The van der Waals surface area contributed by atoms with Gasteiger partial charge in [0.25, 0.3) is 5.91 Å². The van der Waals surface area contributed by atoms with Crippen molar-refractivity contribution in [3.8, 4) is 11.5 Å². The van der Waals surface area contributed by atoms with Gasteiger partial charge in [0.1, 0.15) is 24.7 Å². The van der Waals surface area contributed by atoms with Gasteiger partial charge in [-0.15, -0.1) is 0 Å². The Kier molecular flexibility index (Phi) is 12.2. The molecule has 0 radical (unpaired) electrons. The highest BCUT2D eigenvalue weighted by molar-refractivity contribution is 6.32. The Balaban J connectivity index is 1.23. The SMILES string of the molecule is Cc1cc(Cl)c(OCCOc2ccc(C3=C(C(=O)N(Cc4ccccc4CCO)C4CC4)[C@H]4CN(C(=O)CCCC(N)=O)C[C@@H](C3)N4)cc2)cc1C. The molecule has 10 nitrogen and oxygen atoms in total. The minimum Gasteiger partial charge on any atom is -0.490 e. The Hall–Kier alpha value is -4.38. The van der Waals surface area contributed by atoms with Crippen LogP contribution in [0.3, 0.4) is 0 Å². The van der Waals surface area contributed by atoms with Crippen molar-refractivity contribution in [3.05, 3.63) is 99.1 Å². The highest BCUT2D eigenvalue weighted by Crippen LogP contribution is 2.38. The van der Waals surface area contributed by atoms with E-state index in [0.717, 1.165) is 46.2 Å². The van der Waals surface area contributed by atoms with E-state index in [-0.39, 0.29) is 49.4 Å². The Labute approximate surface area is 310 Å². The van der Waals surface area contributed by atoms with Gasteiger partial charge in [0.2, 0.25) is 11.8 Å². The largest absolute Gasteiger partial charge is 0.490 e. The smallest absolute Gasteiger partial charge is 0.252 e. The minimum atomic E-state index is -0.418. The summed E-state index contributed by atoms with van der Waals surface area (Å²) in [6.45, 7) is 6.06. The molecule has 0 spiro atoms. The summed E-state index contributed by atoms with van der Waals surface area (Å²) in [7, 11) is 0. The van der Waals surface area contributed by atoms with Crippen LogP contribution in [-0.4, -0.2) is 83.7 Å². The van der Waals surface area contributed by atoms with Crippen LogP contribution < -0.4 is 20.5 Å². The van der Waals surface area contributed by atoms with Crippen LogP contribution in [0.4, 0.5) is 0 Å². The van der Waals surface area contributed by atoms with Gasteiger partial charge < -0.3 is 35.4 Å². The second-order valence-electron chi connectivity index (χ2n) is 14.1. The standard InChI is InChI=1S/C41H49ClN4O6/c1-26-20-35(42)37(21-27(26)2)52-19-18-51-33-14-10-29(11-15-33)34-22-31-24-45(39(49)9-5-8-38(43)48)25-36(44-31)40(34)41(50)46(32-12-13-32)23-30-7-4-3-6-28(30)16-17-47/h3-4,6-7,10-11,14-15,20-21,31-32,36,44,47H,5,8-9,12-13,16-19,22-25H2,1-2H3,(H2,43,48)/t31-,36-/m1/s1. The Morgan fingerprint density at radius 1 is 0.962 bits per heavy atom. The summed E-state index contributed by atoms with van der Waals surface area (Å²) < 4.78 is 11.9. The fourth-order valence-electron chi connectivity index (χ4n) is 7.24. The van der Waals surface area contributed by atoms with Crippen LogP contribution in [0.1, 0.15) is 66.3 Å². The molecular weight excluding hydrogens is 680 g/mol. The zero-order chi connectivity index (χ0) is 36.8. The van der Waals surface area contributed by atoms with Crippen LogP contribution in [0.5, 0.6) is 11.5 Å². The molecule has 276 valence electrons. The van der Waals surface area contributed by atoms with E-state index in [1.54, 1.807) is 0 Å². The van der Waals surface area contributed by atoms with E-state index < -0.39 is 5.91 Å². The molecule has 3 aromatic carbocycles. The quantitative estimate of drug-likeness (QED) is 0.174. The van der Waals surface area contributed by atoms with E-state index in [4.69, 9.17) is 26.8 Å². The topological polar surface area (TPSA) is 134 Å². The second-order valence-corrected chi connectivity index (χ2v) is 14.5. The summed E-state index contributed by atoms with van der Waals surface area (Å²) in [5.74, 6) is 0.840. The Bertz CT molecular complexity index is 1810. The third-order valence-corrected chi connectivity index (χ3v) is 10.5. The van der Waals surface area contributed by atoms with Crippen molar-refractivity contribution >= 4 is 34.9 Å². The summed E-state index contributed by atoms with van der Waals surface area (Å²) in [6, 6.07) is 19.4. The summed E-state index contributed by atoms with van der Waals surface area (Å²) in [6.07, 6.45) is 3.79. The van der Waals surface area contributed by atoms with E-state index in [1.807, 2.05) is 84.3 Å². The van der Waals surface area contributed by atoms with Crippen LogP contribution in [0.15, 0.2) is 66.2 Å². The van der Waals surface area contributed by atoms with Crippen LogP contribution in [0.25, 0.3) is 5.57 Å². The average molecular weight is 729 g/mol. The van der Waals surface area contributed by atoms with Crippen LogP contribution >= 0.6 is 11.6 Å². The van der Waals surface area contributed by atoms with Crippen molar-refractivity contribution in [1.82, 2.24) is 15.1 Å². The van der Waals surface area contributed by atoms with E-state index in [9.17, 15) is 19.5 Å². The number of piperazine rings is 1. The van der Waals surface area contributed by atoms with Gasteiger partial charge >= 0.3 is 0 Å². The van der Waals surface area contributed by atoms with Crippen molar-refractivity contribution < 1.29 is 29.0 Å². The number of carbonyl (C=O) groups is 3. The molecule has 2 atom stereocenters. The van der Waals surface area contributed by atoms with Gasteiger partial charge in [0.05, 0.1) is 11.1 Å². The highest BCUT2D eigenvalue weighted by Gasteiger charge is 2.43. The maximum atomic E-state index is 14.9. The van der Waals surface area contributed by atoms with Gasteiger partial charge in [-0.25, -0.2) is 0 Å². The number of rotatable bonds is 16. The number of nitrogens with one attached hydrogen (secondary N) is 1. The number of halogens is 1. The normalized spacial score (nSPS) is 18.3. The van der Waals surface area contributed by atoms with Crippen molar-refractivity contribution in [1.29, 1.82) is 0 Å². The number of ether oxygens (including phenoxy) is 2. The van der Waals surface area contributed by atoms with Gasteiger partial charge in [-0.2, -0.15) is 0 Å². The number of fused-ring (bicyclic) bond motifs is 2. The molecule has 2 aliphatic heterocycles.